The van der Waals surface area contributed by atoms with E-state index in [0.29, 0.717) is 25.1 Å². The highest BCUT2D eigenvalue weighted by atomic mass is 32.2. The van der Waals surface area contributed by atoms with Gasteiger partial charge in [-0.3, -0.25) is 4.79 Å². The van der Waals surface area contributed by atoms with Crippen molar-refractivity contribution in [2.75, 3.05) is 12.3 Å². The van der Waals surface area contributed by atoms with Gasteiger partial charge in [0.25, 0.3) is 0 Å². The van der Waals surface area contributed by atoms with Crippen LogP contribution in [0, 0.1) is 0 Å². The third-order valence-electron chi connectivity index (χ3n) is 3.91. The first-order valence-electron chi connectivity index (χ1n) is 7.53. The molecule has 0 saturated carbocycles. The number of pyridine rings is 1. The van der Waals surface area contributed by atoms with E-state index in [1.165, 1.54) is 11.8 Å². The number of fused-ring (bicyclic) bond motifs is 1. The topological polar surface area (TPSA) is 62.2 Å². The van der Waals surface area contributed by atoms with E-state index < -0.39 is 5.60 Å². The zero-order valence-electron chi connectivity index (χ0n) is 13.0. The van der Waals surface area contributed by atoms with Crippen LogP contribution in [0.4, 0.5) is 0 Å². The maximum Gasteiger partial charge on any atom is 0.230 e. The quantitative estimate of drug-likeness (QED) is 0.770. The number of aliphatic hydroxyl groups is 1. The lowest BCUT2D eigenvalue weighted by Gasteiger charge is -2.25. The molecule has 0 radical (unpaired) electrons. The first kappa shape index (κ1) is 16.8. The Bertz CT molecular complexity index is 636. The van der Waals surface area contributed by atoms with E-state index in [2.05, 4.69) is 10.3 Å². The molecule has 1 amide bonds. The van der Waals surface area contributed by atoms with E-state index >= 15 is 0 Å². The van der Waals surface area contributed by atoms with E-state index in [1.807, 2.05) is 44.2 Å². The summed E-state index contributed by atoms with van der Waals surface area (Å²) >= 11 is 1.42. The molecule has 2 rings (SSSR count). The lowest BCUT2D eigenvalue weighted by molar-refractivity contribution is -0.119. The van der Waals surface area contributed by atoms with Crippen LogP contribution in [0.2, 0.25) is 0 Å². The maximum absolute atomic E-state index is 12.0. The lowest BCUT2D eigenvalue weighted by atomic mass is 9.98. The van der Waals surface area contributed by atoms with Crippen molar-refractivity contribution in [3.05, 3.63) is 36.5 Å². The van der Waals surface area contributed by atoms with Gasteiger partial charge in [-0.15, -0.1) is 0 Å². The molecule has 0 aliphatic carbocycles. The molecule has 0 bridgehead atoms. The Kier molecular flexibility index (Phi) is 5.80. The van der Waals surface area contributed by atoms with Crippen molar-refractivity contribution in [2.24, 2.45) is 0 Å². The van der Waals surface area contributed by atoms with Crippen molar-refractivity contribution in [1.29, 1.82) is 0 Å². The van der Waals surface area contributed by atoms with Gasteiger partial charge in [0.05, 0.1) is 11.4 Å². The minimum absolute atomic E-state index is 0.0833. The molecule has 2 aromatic rings. The fourth-order valence-electron chi connectivity index (χ4n) is 2.15. The molecule has 0 aliphatic heterocycles. The zero-order valence-corrected chi connectivity index (χ0v) is 13.8. The monoisotopic (exact) mass is 318 g/mol. The van der Waals surface area contributed by atoms with Crippen molar-refractivity contribution in [1.82, 2.24) is 10.3 Å². The van der Waals surface area contributed by atoms with Crippen LogP contribution in [0.3, 0.4) is 0 Å². The van der Waals surface area contributed by atoms with Crippen LogP contribution in [0.5, 0.6) is 0 Å². The van der Waals surface area contributed by atoms with E-state index in [0.717, 1.165) is 15.8 Å². The molecule has 0 unspecified atom stereocenters. The van der Waals surface area contributed by atoms with E-state index in [1.54, 1.807) is 6.20 Å². The summed E-state index contributed by atoms with van der Waals surface area (Å²) in [5.41, 5.74) is -0.808. The second-order valence-electron chi connectivity index (χ2n) is 5.33. The van der Waals surface area contributed by atoms with Crippen LogP contribution in [0.25, 0.3) is 10.8 Å². The Hall–Kier alpha value is -1.59. The molecule has 0 fully saturated rings. The van der Waals surface area contributed by atoms with Gasteiger partial charge in [0.2, 0.25) is 5.91 Å². The Morgan fingerprint density at radius 2 is 2.00 bits per heavy atom. The van der Waals surface area contributed by atoms with Gasteiger partial charge in [-0.05, 0) is 24.3 Å². The summed E-state index contributed by atoms with van der Waals surface area (Å²) in [4.78, 5) is 16.3. The van der Waals surface area contributed by atoms with Crippen molar-refractivity contribution in [2.45, 2.75) is 37.3 Å². The van der Waals surface area contributed by atoms with Gasteiger partial charge in [-0.25, -0.2) is 4.98 Å². The SMILES string of the molecule is CCC(O)(CC)CNC(=O)CSc1nccc2ccccc12. The Morgan fingerprint density at radius 1 is 1.27 bits per heavy atom. The van der Waals surface area contributed by atoms with Crippen LogP contribution in [0.15, 0.2) is 41.6 Å². The number of nitrogens with one attached hydrogen (secondary N) is 1. The number of thioether (sulfide) groups is 1. The lowest BCUT2D eigenvalue weighted by Crippen LogP contribution is -2.42. The highest BCUT2D eigenvalue weighted by Gasteiger charge is 2.22. The molecule has 1 aromatic carbocycles. The number of hydrogen-bond acceptors (Lipinski definition) is 4. The molecule has 0 saturated heterocycles. The summed E-state index contributed by atoms with van der Waals surface area (Å²) < 4.78 is 0. The second kappa shape index (κ2) is 7.61. The van der Waals surface area contributed by atoms with Crippen LogP contribution in [0.1, 0.15) is 26.7 Å². The van der Waals surface area contributed by atoms with Crippen molar-refractivity contribution in [3.63, 3.8) is 0 Å². The molecule has 0 spiro atoms. The number of nitrogens with zero attached hydrogens (tertiary/aromatic N) is 1. The fraction of sp³-hybridized carbons (Fsp3) is 0.412. The predicted octanol–water partition coefficient (Wildman–Crippen LogP) is 2.99. The standard InChI is InChI=1S/C17H22N2O2S/c1-3-17(21,4-2)12-19-15(20)11-22-16-14-8-6-5-7-13(14)9-10-18-16/h5-10,21H,3-4,11-12H2,1-2H3,(H,19,20). The van der Waals surface area contributed by atoms with Crippen LogP contribution in [-0.4, -0.2) is 33.9 Å². The predicted molar refractivity (Wildman–Crippen MR) is 91.0 cm³/mol. The van der Waals surface area contributed by atoms with Gasteiger partial charge in [0.1, 0.15) is 5.03 Å². The average Bonchev–Trinajstić information content (AvgIpc) is 2.57. The van der Waals surface area contributed by atoms with Gasteiger partial charge in [0.15, 0.2) is 0 Å². The maximum atomic E-state index is 12.0. The smallest absolute Gasteiger partial charge is 0.230 e. The van der Waals surface area contributed by atoms with Crippen molar-refractivity contribution in [3.8, 4) is 0 Å². The molecule has 1 heterocycles. The van der Waals surface area contributed by atoms with Gasteiger partial charge in [-0.2, -0.15) is 0 Å². The molecular weight excluding hydrogens is 296 g/mol. The normalized spacial score (nSPS) is 11.6. The minimum atomic E-state index is -0.808. The third-order valence-corrected chi connectivity index (χ3v) is 4.91. The van der Waals surface area contributed by atoms with Crippen LogP contribution >= 0.6 is 11.8 Å². The third kappa shape index (κ3) is 4.21. The highest BCUT2D eigenvalue weighted by molar-refractivity contribution is 8.00. The average molecular weight is 318 g/mol. The number of rotatable bonds is 7. The summed E-state index contributed by atoms with van der Waals surface area (Å²) in [7, 11) is 0. The molecular formula is C17H22N2O2S. The number of benzene rings is 1. The summed E-state index contributed by atoms with van der Waals surface area (Å²) in [6.45, 7) is 4.14. The van der Waals surface area contributed by atoms with E-state index in [9.17, 15) is 9.90 Å². The fourth-order valence-corrected chi connectivity index (χ4v) is 3.00. The number of aromatic nitrogens is 1. The molecule has 118 valence electrons. The van der Waals surface area contributed by atoms with E-state index in [4.69, 9.17) is 0 Å². The zero-order chi connectivity index (χ0) is 16.0. The second-order valence-corrected chi connectivity index (χ2v) is 6.30. The number of hydrogen-bond donors (Lipinski definition) is 2. The molecule has 1 aromatic heterocycles. The Balaban J connectivity index is 1.93. The van der Waals surface area contributed by atoms with Gasteiger partial charge >= 0.3 is 0 Å². The minimum Gasteiger partial charge on any atom is -0.388 e. The van der Waals surface area contributed by atoms with Gasteiger partial charge in [0, 0.05) is 18.1 Å². The Labute approximate surface area is 135 Å². The molecule has 5 heteroatoms. The summed E-state index contributed by atoms with van der Waals surface area (Å²) in [5.74, 6) is 0.213. The molecule has 0 atom stereocenters. The first-order valence-corrected chi connectivity index (χ1v) is 8.52. The van der Waals surface area contributed by atoms with Gasteiger partial charge < -0.3 is 10.4 Å². The van der Waals surface area contributed by atoms with Crippen LogP contribution in [-0.2, 0) is 4.79 Å². The highest BCUT2D eigenvalue weighted by Crippen LogP contribution is 2.25. The first-order chi connectivity index (χ1) is 10.6. The largest absolute Gasteiger partial charge is 0.388 e. The van der Waals surface area contributed by atoms with Crippen LogP contribution < -0.4 is 5.32 Å². The van der Waals surface area contributed by atoms with Gasteiger partial charge in [-0.1, -0.05) is 49.9 Å². The Morgan fingerprint density at radius 3 is 2.73 bits per heavy atom. The van der Waals surface area contributed by atoms with Crippen molar-refractivity contribution < 1.29 is 9.90 Å². The number of carbonyl (C=O) groups excluding carboxylic acids is 1. The molecule has 22 heavy (non-hydrogen) atoms. The van der Waals surface area contributed by atoms with E-state index in [-0.39, 0.29) is 5.91 Å². The summed E-state index contributed by atoms with van der Waals surface area (Å²) in [6.07, 6.45) is 3.01. The summed E-state index contributed by atoms with van der Waals surface area (Å²) in [6, 6.07) is 9.96. The molecule has 4 nitrogen and oxygen atoms in total. The number of carbonyl (C=O) groups is 1. The number of amides is 1. The van der Waals surface area contributed by atoms with Crippen molar-refractivity contribution >= 4 is 28.4 Å². The molecule has 0 aliphatic rings. The molecule has 2 N–H and O–H groups in total. The summed E-state index contributed by atoms with van der Waals surface area (Å²) in [5, 5.41) is 16.0.